The molecule has 0 bridgehead atoms. The van der Waals surface area contributed by atoms with E-state index >= 15 is 0 Å². The van der Waals surface area contributed by atoms with Gasteiger partial charge >= 0.3 is 0 Å². The highest BCUT2D eigenvalue weighted by Crippen LogP contribution is 2.22. The number of piperidine rings is 1. The van der Waals surface area contributed by atoms with E-state index < -0.39 is 0 Å². The van der Waals surface area contributed by atoms with Crippen LogP contribution in [0.1, 0.15) is 28.8 Å². The van der Waals surface area contributed by atoms with Gasteiger partial charge in [-0.3, -0.25) is 9.69 Å². The molecule has 2 aliphatic rings. The molecule has 1 unspecified atom stereocenters. The highest BCUT2D eigenvalue weighted by molar-refractivity contribution is 5.97. The fourth-order valence-corrected chi connectivity index (χ4v) is 3.77. The molecule has 2 heterocycles. The van der Waals surface area contributed by atoms with E-state index in [0.29, 0.717) is 13.1 Å². The first-order chi connectivity index (χ1) is 12.1. The molecule has 0 saturated carbocycles. The molecular weight excluding hydrogens is 316 g/mol. The van der Waals surface area contributed by atoms with Crippen molar-refractivity contribution in [3.8, 4) is 0 Å². The molecule has 3 rings (SSSR count). The van der Waals surface area contributed by atoms with E-state index in [4.69, 9.17) is 4.74 Å². The third kappa shape index (κ3) is 5.35. The van der Waals surface area contributed by atoms with Crippen molar-refractivity contribution in [3.63, 3.8) is 0 Å². The van der Waals surface area contributed by atoms with Crippen molar-refractivity contribution >= 4 is 5.78 Å². The van der Waals surface area contributed by atoms with Crippen LogP contribution < -0.4 is 0 Å². The maximum Gasteiger partial charge on any atom is 0.166 e. The fraction of sp³-hybridized carbons (Fsp3) is 0.650. The minimum atomic E-state index is -0.331. The molecule has 0 radical (unpaired) electrons. The topological polar surface area (TPSA) is 53.0 Å². The first kappa shape index (κ1) is 18.5. The van der Waals surface area contributed by atoms with Gasteiger partial charge in [-0.25, -0.2) is 0 Å². The Bertz CT molecular complexity index is 547. The zero-order valence-corrected chi connectivity index (χ0v) is 15.2. The Labute approximate surface area is 150 Å². The molecule has 1 atom stereocenters. The van der Waals surface area contributed by atoms with Crippen LogP contribution in [0.25, 0.3) is 0 Å². The molecule has 2 fully saturated rings. The third-order valence-electron chi connectivity index (χ3n) is 5.34. The number of Topliss-reactive ketones (excluding diaryl/α,β-unsaturated/α-hetero) is 1. The summed E-state index contributed by atoms with van der Waals surface area (Å²) in [7, 11) is 0. The van der Waals surface area contributed by atoms with E-state index in [0.717, 1.165) is 57.8 Å². The van der Waals surface area contributed by atoms with Gasteiger partial charge in [0.25, 0.3) is 0 Å². The normalized spacial score (nSPS) is 22.0. The van der Waals surface area contributed by atoms with E-state index in [9.17, 15) is 9.90 Å². The van der Waals surface area contributed by atoms with Crippen molar-refractivity contribution < 1.29 is 14.6 Å². The number of carbonyl (C=O) groups excluding carboxylic acids is 1. The lowest BCUT2D eigenvalue weighted by molar-refractivity contribution is 0.00444. The van der Waals surface area contributed by atoms with Gasteiger partial charge in [-0.05, 0) is 32.9 Å². The molecule has 0 amide bonds. The Morgan fingerprint density at radius 1 is 1.08 bits per heavy atom. The van der Waals surface area contributed by atoms with Gasteiger partial charge in [-0.2, -0.15) is 0 Å². The second-order valence-electron chi connectivity index (χ2n) is 7.37. The van der Waals surface area contributed by atoms with Crippen molar-refractivity contribution in [1.29, 1.82) is 0 Å². The lowest BCUT2D eigenvalue weighted by Crippen LogP contribution is -2.46. The predicted octanol–water partition coefficient (Wildman–Crippen LogP) is 1.58. The maximum atomic E-state index is 12.6. The number of morpholine rings is 1. The van der Waals surface area contributed by atoms with Crippen LogP contribution in [-0.4, -0.2) is 79.3 Å². The Morgan fingerprint density at radius 3 is 2.24 bits per heavy atom. The smallest absolute Gasteiger partial charge is 0.166 e. The van der Waals surface area contributed by atoms with Gasteiger partial charge in [0, 0.05) is 37.7 Å². The summed E-state index contributed by atoms with van der Waals surface area (Å²) in [5.74, 6) is 0.392. The summed E-state index contributed by atoms with van der Waals surface area (Å²) in [5.41, 5.74) is 2.01. The Hall–Kier alpha value is -1.27. The average Bonchev–Trinajstić information content (AvgIpc) is 2.63. The van der Waals surface area contributed by atoms with E-state index in [1.165, 1.54) is 5.56 Å². The van der Waals surface area contributed by atoms with Crippen LogP contribution in [0.15, 0.2) is 24.3 Å². The first-order valence-electron chi connectivity index (χ1n) is 9.43. The summed E-state index contributed by atoms with van der Waals surface area (Å²) in [6.45, 7) is 8.57. The van der Waals surface area contributed by atoms with E-state index in [2.05, 4.69) is 9.80 Å². The second-order valence-corrected chi connectivity index (χ2v) is 7.37. The molecule has 138 valence electrons. The molecule has 0 aliphatic carbocycles. The SMILES string of the molecule is Cc1ccc(C(=O)C2CCN(CC(O)CN3CCOCC3)CC2)cc1. The number of rotatable bonds is 6. The number of aryl methyl sites for hydroxylation is 1. The van der Waals surface area contributed by atoms with Gasteiger partial charge in [0.2, 0.25) is 0 Å². The quantitative estimate of drug-likeness (QED) is 0.793. The van der Waals surface area contributed by atoms with E-state index in [1.54, 1.807) is 0 Å². The van der Waals surface area contributed by atoms with Gasteiger partial charge in [-0.15, -0.1) is 0 Å². The number of aliphatic hydroxyl groups excluding tert-OH is 1. The Kier molecular flexibility index (Phi) is 6.59. The van der Waals surface area contributed by atoms with Crippen LogP contribution in [-0.2, 0) is 4.74 Å². The highest BCUT2D eigenvalue weighted by atomic mass is 16.5. The summed E-state index contributed by atoms with van der Waals surface area (Å²) in [6.07, 6.45) is 1.44. The number of ether oxygens (including phenoxy) is 1. The third-order valence-corrected chi connectivity index (χ3v) is 5.34. The van der Waals surface area contributed by atoms with Gasteiger partial charge in [-0.1, -0.05) is 29.8 Å². The van der Waals surface area contributed by atoms with E-state index in [-0.39, 0.29) is 17.8 Å². The molecule has 25 heavy (non-hydrogen) atoms. The molecule has 2 aliphatic heterocycles. The lowest BCUT2D eigenvalue weighted by atomic mass is 9.88. The largest absolute Gasteiger partial charge is 0.390 e. The lowest BCUT2D eigenvalue weighted by Gasteiger charge is -2.34. The van der Waals surface area contributed by atoms with Gasteiger partial charge in [0.1, 0.15) is 0 Å². The predicted molar refractivity (Wildman–Crippen MR) is 97.9 cm³/mol. The van der Waals surface area contributed by atoms with Crippen LogP contribution >= 0.6 is 0 Å². The molecular formula is C20H30N2O3. The second kappa shape index (κ2) is 8.90. The van der Waals surface area contributed by atoms with Crippen molar-refractivity contribution in [1.82, 2.24) is 9.80 Å². The van der Waals surface area contributed by atoms with Crippen LogP contribution in [0.4, 0.5) is 0 Å². The number of aliphatic hydroxyl groups is 1. The Morgan fingerprint density at radius 2 is 1.64 bits per heavy atom. The fourth-order valence-electron chi connectivity index (χ4n) is 3.77. The van der Waals surface area contributed by atoms with Crippen molar-refractivity contribution in [2.45, 2.75) is 25.9 Å². The van der Waals surface area contributed by atoms with Gasteiger partial charge in [0.15, 0.2) is 5.78 Å². The number of nitrogens with zero attached hydrogens (tertiary/aromatic N) is 2. The van der Waals surface area contributed by atoms with Crippen LogP contribution in [0.5, 0.6) is 0 Å². The monoisotopic (exact) mass is 346 g/mol. The number of ketones is 1. The number of benzene rings is 1. The summed E-state index contributed by atoms with van der Waals surface area (Å²) in [6, 6.07) is 7.89. The minimum Gasteiger partial charge on any atom is -0.390 e. The summed E-state index contributed by atoms with van der Waals surface area (Å²) in [5, 5.41) is 10.3. The maximum absolute atomic E-state index is 12.6. The molecule has 2 saturated heterocycles. The first-order valence-corrected chi connectivity index (χ1v) is 9.43. The molecule has 5 heteroatoms. The van der Waals surface area contributed by atoms with Gasteiger partial charge < -0.3 is 14.7 Å². The number of β-amino-alcohol motifs (C(OH)–C–C–N with tert-alkyl or cyclic N) is 1. The molecule has 1 aromatic carbocycles. The van der Waals surface area contributed by atoms with Gasteiger partial charge in [0.05, 0.1) is 19.3 Å². The summed E-state index contributed by atoms with van der Waals surface area (Å²) >= 11 is 0. The molecule has 0 aromatic heterocycles. The zero-order chi connectivity index (χ0) is 17.6. The highest BCUT2D eigenvalue weighted by Gasteiger charge is 2.27. The Balaban J connectivity index is 1.42. The van der Waals surface area contributed by atoms with Crippen LogP contribution in [0.3, 0.4) is 0 Å². The summed E-state index contributed by atoms with van der Waals surface area (Å²) in [4.78, 5) is 17.2. The minimum absolute atomic E-state index is 0.121. The van der Waals surface area contributed by atoms with Crippen LogP contribution in [0, 0.1) is 12.8 Å². The number of carbonyl (C=O) groups is 1. The summed E-state index contributed by atoms with van der Waals surface area (Å²) < 4.78 is 5.34. The zero-order valence-electron chi connectivity index (χ0n) is 15.2. The molecule has 0 spiro atoms. The van der Waals surface area contributed by atoms with E-state index in [1.807, 2.05) is 31.2 Å². The number of hydrogen-bond donors (Lipinski definition) is 1. The number of likely N-dealkylation sites (tertiary alicyclic amines) is 1. The number of hydrogen-bond acceptors (Lipinski definition) is 5. The van der Waals surface area contributed by atoms with Crippen LogP contribution in [0.2, 0.25) is 0 Å². The standard InChI is InChI=1S/C20H30N2O3/c1-16-2-4-17(5-3-16)20(24)18-6-8-21(9-7-18)14-19(23)15-22-10-12-25-13-11-22/h2-5,18-19,23H,6-15H2,1H3. The van der Waals surface area contributed by atoms with Crippen molar-refractivity contribution in [2.24, 2.45) is 5.92 Å². The van der Waals surface area contributed by atoms with Crippen molar-refractivity contribution in [3.05, 3.63) is 35.4 Å². The molecule has 5 nitrogen and oxygen atoms in total. The molecule has 1 aromatic rings. The van der Waals surface area contributed by atoms with Crippen molar-refractivity contribution in [2.75, 3.05) is 52.5 Å². The average molecular weight is 346 g/mol. The molecule has 1 N–H and O–H groups in total.